The summed E-state index contributed by atoms with van der Waals surface area (Å²) in [5.41, 5.74) is 3.32. The molecule has 0 unspecified atom stereocenters. The number of aryl methyl sites for hydroxylation is 3. The fourth-order valence-corrected chi connectivity index (χ4v) is 4.56. The molecule has 0 spiro atoms. The molecule has 6 heteroatoms. The van der Waals surface area contributed by atoms with E-state index in [2.05, 4.69) is 29.4 Å². The number of amides is 1. The summed E-state index contributed by atoms with van der Waals surface area (Å²) in [5.74, 6) is -2.59. The number of hydrogen-bond acceptors (Lipinski definition) is 3. The van der Waals surface area contributed by atoms with E-state index >= 15 is 0 Å². The highest BCUT2D eigenvalue weighted by Gasteiger charge is 2.17. The summed E-state index contributed by atoms with van der Waals surface area (Å²) in [6, 6.07) is 16.8. The number of thiophene rings is 1. The van der Waals surface area contributed by atoms with Crippen LogP contribution in [0.15, 0.2) is 73.1 Å². The minimum Gasteiger partial charge on any atom is -0.322 e. The average Bonchev–Trinajstić information content (AvgIpc) is 3.20. The lowest BCUT2D eigenvalue weighted by molar-refractivity contribution is 0.101. The molecule has 0 aliphatic heterocycles. The lowest BCUT2D eigenvalue weighted by Crippen LogP contribution is -2.15. The van der Waals surface area contributed by atoms with Gasteiger partial charge in [0.15, 0.2) is 0 Å². The number of rotatable bonds is 6. The van der Waals surface area contributed by atoms with E-state index in [0.29, 0.717) is 5.69 Å². The molecule has 0 aliphatic carbocycles. The first-order valence-electron chi connectivity index (χ1n) is 10.9. The molecule has 0 saturated heterocycles. The second-order valence-electron chi connectivity index (χ2n) is 7.21. The van der Waals surface area contributed by atoms with Crippen LogP contribution in [0.3, 0.4) is 0 Å². The van der Waals surface area contributed by atoms with Crippen LogP contribution in [0.25, 0.3) is 10.4 Å². The van der Waals surface area contributed by atoms with Crippen LogP contribution in [0.1, 0.15) is 40.2 Å². The summed E-state index contributed by atoms with van der Waals surface area (Å²) in [6.45, 7) is 6.08. The fraction of sp³-hybridized carbons (Fsp3) is 0.185. The molecule has 0 aliphatic rings. The Bertz CT molecular complexity index is 1180. The zero-order chi connectivity index (χ0) is 23.8. The van der Waals surface area contributed by atoms with Crippen molar-refractivity contribution in [2.24, 2.45) is 0 Å². The van der Waals surface area contributed by atoms with Crippen molar-refractivity contribution in [2.75, 3.05) is 5.32 Å². The first-order valence-corrected chi connectivity index (χ1v) is 11.7. The largest absolute Gasteiger partial charge is 0.322 e. The van der Waals surface area contributed by atoms with Crippen LogP contribution in [0.4, 0.5) is 14.5 Å². The minimum atomic E-state index is -0.887. The van der Waals surface area contributed by atoms with Gasteiger partial charge in [0.1, 0.15) is 17.2 Å². The summed E-state index contributed by atoms with van der Waals surface area (Å²) in [4.78, 5) is 18.9. The van der Waals surface area contributed by atoms with Crippen LogP contribution in [-0.4, -0.2) is 10.9 Å². The normalized spacial score (nSPS) is 10.3. The van der Waals surface area contributed by atoms with E-state index in [9.17, 15) is 13.6 Å². The van der Waals surface area contributed by atoms with Gasteiger partial charge in [0.05, 0.1) is 0 Å². The van der Waals surface area contributed by atoms with Gasteiger partial charge in [-0.15, -0.1) is 11.3 Å². The van der Waals surface area contributed by atoms with E-state index in [4.69, 9.17) is 0 Å². The Kier molecular flexibility index (Phi) is 8.44. The standard InChI is InChI=1S/C25H20F2N2OS.C2H6/c1-16-14-20(12-7-17-4-3-13-28-15-17)31-24(16)18-8-10-19(11-9-18)29-25(30)23-21(26)5-2-6-22(23)27;1-2/h2-6,8-11,13-15H,7,12H2,1H3,(H,29,30);1-2H3. The zero-order valence-corrected chi connectivity index (χ0v) is 19.7. The lowest BCUT2D eigenvalue weighted by atomic mass is 10.1. The molecule has 33 heavy (non-hydrogen) atoms. The van der Waals surface area contributed by atoms with E-state index in [-0.39, 0.29) is 0 Å². The Balaban J connectivity index is 0.00000149. The summed E-state index contributed by atoms with van der Waals surface area (Å²) in [5, 5.41) is 2.56. The van der Waals surface area contributed by atoms with Crippen molar-refractivity contribution in [3.8, 4) is 10.4 Å². The minimum absolute atomic E-state index is 0.474. The Morgan fingerprint density at radius 1 is 0.970 bits per heavy atom. The lowest BCUT2D eigenvalue weighted by Gasteiger charge is -2.08. The van der Waals surface area contributed by atoms with Gasteiger partial charge in [-0.3, -0.25) is 9.78 Å². The van der Waals surface area contributed by atoms with Crippen LogP contribution < -0.4 is 5.32 Å². The number of pyridine rings is 1. The second kappa shape index (κ2) is 11.5. The molecule has 1 N–H and O–H groups in total. The summed E-state index contributed by atoms with van der Waals surface area (Å²) >= 11 is 1.75. The molecule has 0 atom stereocenters. The molecule has 3 nitrogen and oxygen atoms in total. The van der Waals surface area contributed by atoms with E-state index in [1.807, 2.05) is 38.2 Å². The quantitative estimate of drug-likeness (QED) is 0.322. The highest BCUT2D eigenvalue weighted by molar-refractivity contribution is 7.15. The smallest absolute Gasteiger partial charge is 0.261 e. The van der Waals surface area contributed by atoms with Crippen LogP contribution in [-0.2, 0) is 12.8 Å². The van der Waals surface area contributed by atoms with Crippen molar-refractivity contribution in [3.05, 3.63) is 106 Å². The average molecular weight is 465 g/mol. The van der Waals surface area contributed by atoms with Crippen LogP contribution in [0, 0.1) is 18.6 Å². The van der Waals surface area contributed by atoms with Gasteiger partial charge in [0, 0.05) is 27.8 Å². The van der Waals surface area contributed by atoms with E-state index < -0.39 is 23.1 Å². The number of aromatic nitrogens is 1. The Labute approximate surface area is 197 Å². The molecule has 2 heterocycles. The van der Waals surface area contributed by atoms with Gasteiger partial charge in [0.2, 0.25) is 0 Å². The van der Waals surface area contributed by atoms with Gasteiger partial charge < -0.3 is 5.32 Å². The number of anilines is 1. The van der Waals surface area contributed by atoms with E-state index in [1.165, 1.54) is 26.9 Å². The Morgan fingerprint density at radius 2 is 1.67 bits per heavy atom. The van der Waals surface area contributed by atoms with Crippen molar-refractivity contribution < 1.29 is 13.6 Å². The van der Waals surface area contributed by atoms with Crippen LogP contribution >= 0.6 is 11.3 Å². The molecular formula is C27H26F2N2OS. The van der Waals surface area contributed by atoms with Gasteiger partial charge in [-0.1, -0.05) is 38.1 Å². The first-order chi connectivity index (χ1) is 16.0. The van der Waals surface area contributed by atoms with Crippen molar-refractivity contribution in [1.82, 2.24) is 4.98 Å². The van der Waals surface area contributed by atoms with Gasteiger partial charge >= 0.3 is 0 Å². The highest BCUT2D eigenvalue weighted by atomic mass is 32.1. The Hall–Kier alpha value is -3.38. The zero-order valence-electron chi connectivity index (χ0n) is 18.9. The summed E-state index contributed by atoms with van der Waals surface area (Å²) < 4.78 is 27.6. The van der Waals surface area contributed by atoms with Crippen LogP contribution in [0.5, 0.6) is 0 Å². The molecule has 4 rings (SSSR count). The topological polar surface area (TPSA) is 42.0 Å². The number of carbonyl (C=O) groups excluding carboxylic acids is 1. The molecule has 0 fully saturated rings. The monoisotopic (exact) mass is 464 g/mol. The molecule has 0 bridgehead atoms. The fourth-order valence-electron chi connectivity index (χ4n) is 3.38. The molecule has 170 valence electrons. The van der Waals surface area contributed by atoms with Gasteiger partial charge in [0.25, 0.3) is 5.91 Å². The van der Waals surface area contributed by atoms with Gasteiger partial charge in [-0.05, 0) is 72.9 Å². The maximum Gasteiger partial charge on any atom is 0.261 e. The summed E-state index contributed by atoms with van der Waals surface area (Å²) in [6.07, 6.45) is 5.54. The maximum atomic E-state index is 13.8. The maximum absolute atomic E-state index is 13.8. The number of nitrogens with one attached hydrogen (secondary N) is 1. The SMILES string of the molecule is CC.Cc1cc(CCc2cccnc2)sc1-c1ccc(NC(=O)c2c(F)cccc2F)cc1. The van der Waals surface area contributed by atoms with Gasteiger partial charge in [-0.2, -0.15) is 0 Å². The molecule has 4 aromatic rings. The predicted octanol–water partition coefficient (Wildman–Crippen LogP) is 7.46. The first kappa shape index (κ1) is 24.3. The predicted molar refractivity (Wildman–Crippen MR) is 132 cm³/mol. The van der Waals surface area contributed by atoms with Crippen molar-refractivity contribution in [3.63, 3.8) is 0 Å². The van der Waals surface area contributed by atoms with Crippen molar-refractivity contribution in [1.29, 1.82) is 0 Å². The van der Waals surface area contributed by atoms with E-state index in [1.54, 1.807) is 29.7 Å². The number of halogens is 2. The molecule has 0 saturated carbocycles. The summed E-state index contributed by atoms with van der Waals surface area (Å²) in [7, 11) is 0. The van der Waals surface area contributed by atoms with Crippen molar-refractivity contribution >= 4 is 22.9 Å². The Morgan fingerprint density at radius 3 is 2.30 bits per heavy atom. The van der Waals surface area contributed by atoms with Crippen LogP contribution in [0.2, 0.25) is 0 Å². The van der Waals surface area contributed by atoms with E-state index in [0.717, 1.165) is 30.5 Å². The number of benzene rings is 2. The number of hydrogen-bond donors (Lipinski definition) is 1. The molecule has 2 aromatic carbocycles. The number of carbonyl (C=O) groups is 1. The second-order valence-corrected chi connectivity index (χ2v) is 8.35. The third-order valence-electron chi connectivity index (χ3n) is 4.95. The number of nitrogens with zero attached hydrogens (tertiary/aromatic N) is 1. The third-order valence-corrected chi connectivity index (χ3v) is 6.29. The third kappa shape index (κ3) is 6.11. The highest BCUT2D eigenvalue weighted by Crippen LogP contribution is 2.33. The van der Waals surface area contributed by atoms with Crippen molar-refractivity contribution in [2.45, 2.75) is 33.6 Å². The molecule has 2 aromatic heterocycles. The molecular weight excluding hydrogens is 438 g/mol. The molecule has 1 amide bonds. The molecule has 0 radical (unpaired) electrons. The van der Waals surface area contributed by atoms with Gasteiger partial charge in [-0.25, -0.2) is 8.78 Å².